The predicted molar refractivity (Wildman–Crippen MR) is 82.6 cm³/mol. The molecule has 108 valence electrons. The lowest BCUT2D eigenvalue weighted by atomic mass is 10.1. The van der Waals surface area contributed by atoms with E-state index in [1.54, 1.807) is 6.07 Å². The number of pyridine rings is 1. The van der Waals surface area contributed by atoms with Gasteiger partial charge in [-0.2, -0.15) is 0 Å². The van der Waals surface area contributed by atoms with E-state index in [0.29, 0.717) is 16.5 Å². The summed E-state index contributed by atoms with van der Waals surface area (Å²) in [5.41, 5.74) is 1.98. The first-order chi connectivity index (χ1) is 10.3. The number of rotatable bonds is 5. The van der Waals surface area contributed by atoms with Crippen molar-refractivity contribution in [2.24, 2.45) is 0 Å². The van der Waals surface area contributed by atoms with Gasteiger partial charge in [-0.15, -0.1) is 0 Å². The monoisotopic (exact) mass is 283 g/mol. The van der Waals surface area contributed by atoms with Crippen molar-refractivity contribution >= 4 is 21.9 Å². The van der Waals surface area contributed by atoms with Gasteiger partial charge in [0.15, 0.2) is 0 Å². The minimum absolute atomic E-state index is 0.331. The van der Waals surface area contributed by atoms with Gasteiger partial charge < -0.3 is 9.15 Å². The summed E-state index contributed by atoms with van der Waals surface area (Å²) in [4.78, 5) is 16.6. The molecule has 0 spiro atoms. The summed E-state index contributed by atoms with van der Waals surface area (Å²) < 4.78 is 10.7. The van der Waals surface area contributed by atoms with Gasteiger partial charge in [-0.05, 0) is 43.5 Å². The number of hydrogen-bond donors (Lipinski definition) is 0. The number of fused-ring (bicyclic) bond motifs is 3. The molecular formula is C17H17NO3. The number of nitrogens with zero attached hydrogens (tertiary/aromatic N) is 1. The number of benzene rings is 1. The molecule has 0 aliphatic heterocycles. The molecule has 0 fully saturated rings. The van der Waals surface area contributed by atoms with Gasteiger partial charge in [0.2, 0.25) is 0 Å². The second kappa shape index (κ2) is 6.06. The Morgan fingerprint density at radius 3 is 2.95 bits per heavy atom. The molecule has 1 aromatic carbocycles. The van der Waals surface area contributed by atoms with Crippen LogP contribution in [0.25, 0.3) is 21.9 Å². The molecule has 2 aromatic heterocycles. The van der Waals surface area contributed by atoms with Gasteiger partial charge in [0.1, 0.15) is 5.58 Å². The van der Waals surface area contributed by atoms with E-state index in [0.717, 1.165) is 37.0 Å². The molecule has 0 aliphatic rings. The molecule has 0 N–H and O–H groups in total. The van der Waals surface area contributed by atoms with Crippen LogP contribution in [0.4, 0.5) is 0 Å². The molecule has 2 heterocycles. The molecular weight excluding hydrogens is 266 g/mol. The summed E-state index contributed by atoms with van der Waals surface area (Å²) in [6.45, 7) is 3.43. The van der Waals surface area contributed by atoms with Crippen LogP contribution in [-0.4, -0.2) is 18.2 Å². The maximum absolute atomic E-state index is 12.1. The maximum atomic E-state index is 12.1. The van der Waals surface area contributed by atoms with Gasteiger partial charge in [0.05, 0.1) is 10.9 Å². The van der Waals surface area contributed by atoms with Crippen LogP contribution in [0.5, 0.6) is 0 Å². The quantitative estimate of drug-likeness (QED) is 0.409. The van der Waals surface area contributed by atoms with E-state index in [4.69, 9.17) is 9.15 Å². The van der Waals surface area contributed by atoms with Crippen molar-refractivity contribution in [2.45, 2.75) is 19.8 Å². The lowest BCUT2D eigenvalue weighted by Crippen LogP contribution is -2.03. The van der Waals surface area contributed by atoms with Crippen LogP contribution in [0, 0.1) is 0 Å². The summed E-state index contributed by atoms with van der Waals surface area (Å²) in [5, 5.41) is 1.41. The standard InChI is InChI=1S/C17H17NO3/c1-2-20-9-5-6-12-10-14-16(18-11-12)13-7-3-4-8-15(13)21-17(14)19/h3-4,7-8,10-11H,2,5-6,9H2,1H3. The van der Waals surface area contributed by atoms with E-state index < -0.39 is 0 Å². The topological polar surface area (TPSA) is 52.3 Å². The Morgan fingerprint density at radius 2 is 2.10 bits per heavy atom. The summed E-state index contributed by atoms with van der Waals surface area (Å²) in [7, 11) is 0. The smallest absolute Gasteiger partial charge is 0.345 e. The fourth-order valence-electron chi connectivity index (χ4n) is 2.44. The molecule has 0 radical (unpaired) electrons. The molecule has 0 bridgehead atoms. The lowest BCUT2D eigenvalue weighted by molar-refractivity contribution is 0.145. The molecule has 0 unspecified atom stereocenters. The van der Waals surface area contributed by atoms with Gasteiger partial charge in [-0.1, -0.05) is 12.1 Å². The third-order valence-electron chi connectivity index (χ3n) is 3.47. The molecule has 3 rings (SSSR count). The zero-order valence-corrected chi connectivity index (χ0v) is 12.0. The van der Waals surface area contributed by atoms with Gasteiger partial charge in [0.25, 0.3) is 0 Å². The summed E-state index contributed by atoms with van der Waals surface area (Å²) in [5.74, 6) is 0. The number of hydrogen-bond acceptors (Lipinski definition) is 4. The molecule has 0 saturated carbocycles. The third-order valence-corrected chi connectivity index (χ3v) is 3.47. The first kappa shape index (κ1) is 13.8. The lowest BCUT2D eigenvalue weighted by Gasteiger charge is -2.05. The van der Waals surface area contributed by atoms with E-state index in [-0.39, 0.29) is 5.63 Å². The van der Waals surface area contributed by atoms with E-state index in [9.17, 15) is 4.79 Å². The highest BCUT2D eigenvalue weighted by molar-refractivity contribution is 6.01. The van der Waals surface area contributed by atoms with E-state index in [1.807, 2.05) is 37.4 Å². The Labute approximate surface area is 122 Å². The summed E-state index contributed by atoms with van der Waals surface area (Å²) in [6.07, 6.45) is 3.59. The number of aromatic nitrogens is 1. The molecule has 21 heavy (non-hydrogen) atoms. The third kappa shape index (κ3) is 2.81. The van der Waals surface area contributed by atoms with Crippen molar-refractivity contribution in [3.05, 3.63) is 52.5 Å². The molecule has 0 atom stereocenters. The van der Waals surface area contributed by atoms with Crippen LogP contribution in [0.3, 0.4) is 0 Å². The van der Waals surface area contributed by atoms with Crippen LogP contribution in [0.2, 0.25) is 0 Å². The van der Waals surface area contributed by atoms with Crippen LogP contribution < -0.4 is 5.63 Å². The maximum Gasteiger partial charge on any atom is 0.345 e. The molecule has 3 aromatic rings. The van der Waals surface area contributed by atoms with Crippen molar-refractivity contribution in [1.29, 1.82) is 0 Å². The Morgan fingerprint density at radius 1 is 1.24 bits per heavy atom. The minimum atomic E-state index is -0.331. The van der Waals surface area contributed by atoms with E-state index >= 15 is 0 Å². The number of aryl methyl sites for hydroxylation is 1. The Balaban J connectivity index is 2.00. The highest BCUT2D eigenvalue weighted by Crippen LogP contribution is 2.21. The zero-order chi connectivity index (χ0) is 14.7. The average molecular weight is 283 g/mol. The first-order valence-electron chi connectivity index (χ1n) is 7.18. The second-order valence-electron chi connectivity index (χ2n) is 4.93. The minimum Gasteiger partial charge on any atom is -0.422 e. The van der Waals surface area contributed by atoms with Gasteiger partial charge in [0, 0.05) is 24.8 Å². The van der Waals surface area contributed by atoms with Crippen molar-refractivity contribution in [3.63, 3.8) is 0 Å². The molecule has 4 nitrogen and oxygen atoms in total. The highest BCUT2D eigenvalue weighted by atomic mass is 16.5. The van der Waals surface area contributed by atoms with Gasteiger partial charge >= 0.3 is 5.63 Å². The van der Waals surface area contributed by atoms with Crippen molar-refractivity contribution in [3.8, 4) is 0 Å². The molecule has 4 heteroatoms. The van der Waals surface area contributed by atoms with Crippen LogP contribution in [0.1, 0.15) is 18.9 Å². The van der Waals surface area contributed by atoms with Crippen molar-refractivity contribution < 1.29 is 9.15 Å². The number of para-hydroxylation sites is 1. The second-order valence-corrected chi connectivity index (χ2v) is 4.93. The Hall–Kier alpha value is -2.20. The Bertz CT molecular complexity index is 823. The molecule has 0 saturated heterocycles. The summed E-state index contributed by atoms with van der Waals surface area (Å²) in [6, 6.07) is 9.35. The zero-order valence-electron chi connectivity index (χ0n) is 12.0. The fourth-order valence-corrected chi connectivity index (χ4v) is 2.44. The van der Waals surface area contributed by atoms with Gasteiger partial charge in [-0.3, -0.25) is 4.98 Å². The van der Waals surface area contributed by atoms with Crippen molar-refractivity contribution in [2.75, 3.05) is 13.2 Å². The van der Waals surface area contributed by atoms with E-state index in [2.05, 4.69) is 4.98 Å². The van der Waals surface area contributed by atoms with Crippen molar-refractivity contribution in [1.82, 2.24) is 4.98 Å². The Kier molecular flexibility index (Phi) is 3.97. The van der Waals surface area contributed by atoms with Crippen LogP contribution >= 0.6 is 0 Å². The first-order valence-corrected chi connectivity index (χ1v) is 7.18. The highest BCUT2D eigenvalue weighted by Gasteiger charge is 2.08. The van der Waals surface area contributed by atoms with Crippen LogP contribution in [0.15, 0.2) is 45.7 Å². The predicted octanol–water partition coefficient (Wildman–Crippen LogP) is 3.31. The SMILES string of the molecule is CCOCCCc1cnc2c(c1)c(=O)oc1ccccc12. The largest absolute Gasteiger partial charge is 0.422 e. The molecule has 0 aliphatic carbocycles. The average Bonchev–Trinajstić information content (AvgIpc) is 2.52. The van der Waals surface area contributed by atoms with Crippen LogP contribution in [-0.2, 0) is 11.2 Å². The number of ether oxygens (including phenoxy) is 1. The molecule has 0 amide bonds. The normalized spacial score (nSPS) is 11.3. The summed E-state index contributed by atoms with van der Waals surface area (Å²) >= 11 is 0. The fraction of sp³-hybridized carbons (Fsp3) is 0.294. The van der Waals surface area contributed by atoms with Gasteiger partial charge in [-0.25, -0.2) is 4.79 Å². The van der Waals surface area contributed by atoms with E-state index in [1.165, 1.54) is 0 Å².